The zero-order valence-corrected chi connectivity index (χ0v) is 9.79. The van der Waals surface area contributed by atoms with E-state index in [-0.39, 0.29) is 11.9 Å². The Kier molecular flexibility index (Phi) is 2.97. The van der Waals surface area contributed by atoms with Gasteiger partial charge in [-0.05, 0) is 37.8 Å². The van der Waals surface area contributed by atoms with E-state index in [4.69, 9.17) is 5.73 Å². The van der Waals surface area contributed by atoms with Crippen LogP contribution in [0.25, 0.3) is 0 Å². The molecule has 0 heterocycles. The molecule has 2 rings (SSSR count). The lowest BCUT2D eigenvalue weighted by molar-refractivity contribution is -0.122. The Hall–Kier alpha value is -1.35. The monoisotopic (exact) mass is 218 g/mol. The van der Waals surface area contributed by atoms with Crippen LogP contribution >= 0.6 is 0 Å². The minimum atomic E-state index is -0.436. The van der Waals surface area contributed by atoms with Crippen molar-refractivity contribution in [3.63, 3.8) is 0 Å². The van der Waals surface area contributed by atoms with Crippen LogP contribution in [0.5, 0.6) is 0 Å². The molecule has 1 aliphatic carbocycles. The molecule has 3 N–H and O–H groups in total. The molecule has 86 valence electrons. The molecule has 3 heteroatoms. The number of fused-ring (bicyclic) bond motifs is 1. The van der Waals surface area contributed by atoms with E-state index in [1.165, 1.54) is 16.7 Å². The molecule has 0 aromatic heterocycles. The lowest BCUT2D eigenvalue weighted by Gasteiger charge is -2.15. The van der Waals surface area contributed by atoms with Crippen LogP contribution < -0.4 is 11.1 Å². The summed E-state index contributed by atoms with van der Waals surface area (Å²) in [6.07, 6.45) is 2.03. The van der Waals surface area contributed by atoms with E-state index in [2.05, 4.69) is 30.4 Å². The number of hydrogen-bond donors (Lipinski definition) is 2. The van der Waals surface area contributed by atoms with Crippen molar-refractivity contribution in [2.75, 3.05) is 0 Å². The van der Waals surface area contributed by atoms with Gasteiger partial charge in [-0.15, -0.1) is 0 Å². The molecule has 0 saturated heterocycles. The first-order chi connectivity index (χ1) is 7.58. The van der Waals surface area contributed by atoms with Crippen LogP contribution in [0.4, 0.5) is 0 Å². The average Bonchev–Trinajstić information content (AvgIpc) is 2.60. The van der Waals surface area contributed by atoms with Gasteiger partial charge in [0.15, 0.2) is 0 Å². The summed E-state index contributed by atoms with van der Waals surface area (Å²) >= 11 is 0. The minimum Gasteiger partial charge on any atom is -0.348 e. The molecule has 0 aliphatic heterocycles. The molecule has 2 atom stereocenters. The Labute approximate surface area is 96.0 Å². The predicted octanol–water partition coefficient (Wildman–Crippen LogP) is 1.45. The van der Waals surface area contributed by atoms with Crippen LogP contribution in [-0.4, -0.2) is 11.9 Å². The fraction of sp³-hybridized carbons (Fsp3) is 0.462. The highest BCUT2D eigenvalue weighted by atomic mass is 16.2. The van der Waals surface area contributed by atoms with Crippen molar-refractivity contribution in [2.45, 2.75) is 38.8 Å². The third-order valence-corrected chi connectivity index (χ3v) is 3.11. The number of carbonyl (C=O) groups is 1. The van der Waals surface area contributed by atoms with Crippen molar-refractivity contribution in [2.24, 2.45) is 5.73 Å². The molecular weight excluding hydrogens is 200 g/mol. The second-order valence-electron chi connectivity index (χ2n) is 4.59. The van der Waals surface area contributed by atoms with Crippen LogP contribution in [0.3, 0.4) is 0 Å². The van der Waals surface area contributed by atoms with E-state index in [9.17, 15) is 4.79 Å². The van der Waals surface area contributed by atoms with E-state index in [1.54, 1.807) is 6.92 Å². The quantitative estimate of drug-likeness (QED) is 0.789. The summed E-state index contributed by atoms with van der Waals surface area (Å²) in [6, 6.07) is 6.12. The van der Waals surface area contributed by atoms with Gasteiger partial charge in [0.2, 0.25) is 5.91 Å². The molecule has 3 nitrogen and oxygen atoms in total. The maximum Gasteiger partial charge on any atom is 0.237 e. The van der Waals surface area contributed by atoms with Crippen molar-refractivity contribution < 1.29 is 4.79 Å². The normalized spacial score (nSPS) is 20.3. The van der Waals surface area contributed by atoms with Gasteiger partial charge in [0, 0.05) is 0 Å². The molecule has 0 fully saturated rings. The van der Waals surface area contributed by atoms with Gasteiger partial charge >= 0.3 is 0 Å². The fourth-order valence-electron chi connectivity index (χ4n) is 2.20. The summed E-state index contributed by atoms with van der Waals surface area (Å²) in [5, 5.41) is 2.99. The van der Waals surface area contributed by atoms with Gasteiger partial charge < -0.3 is 11.1 Å². The predicted molar refractivity (Wildman–Crippen MR) is 64.0 cm³/mol. The summed E-state index contributed by atoms with van der Waals surface area (Å²) in [7, 11) is 0. The van der Waals surface area contributed by atoms with Gasteiger partial charge in [-0.25, -0.2) is 0 Å². The van der Waals surface area contributed by atoms with Crippen LogP contribution in [0.2, 0.25) is 0 Å². The molecule has 1 amide bonds. The van der Waals surface area contributed by atoms with Crippen molar-refractivity contribution in [1.29, 1.82) is 0 Å². The minimum absolute atomic E-state index is 0.0709. The van der Waals surface area contributed by atoms with E-state index in [0.717, 1.165) is 12.8 Å². The SMILES string of the molecule is Cc1ccc2c(c1)CCC2NC(=O)[C@@H](C)N. The van der Waals surface area contributed by atoms with Gasteiger partial charge in [-0.2, -0.15) is 0 Å². The van der Waals surface area contributed by atoms with E-state index >= 15 is 0 Å². The van der Waals surface area contributed by atoms with E-state index in [0.29, 0.717) is 0 Å². The van der Waals surface area contributed by atoms with Gasteiger partial charge in [0.1, 0.15) is 0 Å². The molecule has 1 aliphatic rings. The van der Waals surface area contributed by atoms with Crippen LogP contribution in [0, 0.1) is 6.92 Å². The zero-order chi connectivity index (χ0) is 11.7. The van der Waals surface area contributed by atoms with Gasteiger partial charge in [0.25, 0.3) is 0 Å². The molecule has 0 saturated carbocycles. The van der Waals surface area contributed by atoms with Crippen LogP contribution in [0.15, 0.2) is 18.2 Å². The first kappa shape index (κ1) is 11.1. The highest BCUT2D eigenvalue weighted by molar-refractivity contribution is 5.81. The van der Waals surface area contributed by atoms with Crippen molar-refractivity contribution in [3.05, 3.63) is 34.9 Å². The Morgan fingerprint density at radius 2 is 2.31 bits per heavy atom. The molecule has 1 aromatic rings. The van der Waals surface area contributed by atoms with Crippen LogP contribution in [0.1, 0.15) is 36.1 Å². The molecular formula is C13H18N2O. The van der Waals surface area contributed by atoms with Crippen molar-refractivity contribution in [1.82, 2.24) is 5.32 Å². The lowest BCUT2D eigenvalue weighted by atomic mass is 10.1. The Balaban J connectivity index is 2.15. The molecule has 0 bridgehead atoms. The van der Waals surface area contributed by atoms with Crippen molar-refractivity contribution >= 4 is 5.91 Å². The summed E-state index contributed by atoms with van der Waals surface area (Å²) in [5.41, 5.74) is 9.43. The summed E-state index contributed by atoms with van der Waals surface area (Å²) in [4.78, 5) is 11.5. The molecule has 0 radical (unpaired) electrons. The van der Waals surface area contributed by atoms with Crippen molar-refractivity contribution in [3.8, 4) is 0 Å². The number of aryl methyl sites for hydroxylation is 2. The van der Waals surface area contributed by atoms with Gasteiger partial charge in [0.05, 0.1) is 12.1 Å². The number of nitrogens with one attached hydrogen (secondary N) is 1. The molecule has 16 heavy (non-hydrogen) atoms. The molecule has 1 unspecified atom stereocenters. The Bertz CT molecular complexity index is 412. The second kappa shape index (κ2) is 4.26. The third kappa shape index (κ3) is 2.09. The first-order valence-corrected chi connectivity index (χ1v) is 5.73. The fourth-order valence-corrected chi connectivity index (χ4v) is 2.20. The van der Waals surface area contributed by atoms with E-state index in [1.807, 2.05) is 0 Å². The number of hydrogen-bond acceptors (Lipinski definition) is 2. The smallest absolute Gasteiger partial charge is 0.237 e. The highest BCUT2D eigenvalue weighted by Gasteiger charge is 2.24. The topological polar surface area (TPSA) is 55.1 Å². The Morgan fingerprint density at radius 1 is 1.56 bits per heavy atom. The summed E-state index contributed by atoms with van der Waals surface area (Å²) in [6.45, 7) is 3.80. The van der Waals surface area contributed by atoms with Gasteiger partial charge in [-0.3, -0.25) is 4.79 Å². The first-order valence-electron chi connectivity index (χ1n) is 5.73. The second-order valence-corrected chi connectivity index (χ2v) is 4.59. The number of benzene rings is 1. The number of amides is 1. The van der Waals surface area contributed by atoms with Crippen LogP contribution in [-0.2, 0) is 11.2 Å². The number of carbonyl (C=O) groups excluding carboxylic acids is 1. The molecule has 1 aromatic carbocycles. The Morgan fingerprint density at radius 3 is 3.00 bits per heavy atom. The summed E-state index contributed by atoms with van der Waals surface area (Å²) < 4.78 is 0. The number of nitrogens with two attached hydrogens (primary N) is 1. The lowest BCUT2D eigenvalue weighted by Crippen LogP contribution is -2.39. The molecule has 0 spiro atoms. The highest BCUT2D eigenvalue weighted by Crippen LogP contribution is 2.31. The van der Waals surface area contributed by atoms with E-state index < -0.39 is 6.04 Å². The maximum atomic E-state index is 11.5. The van der Waals surface area contributed by atoms with Gasteiger partial charge in [-0.1, -0.05) is 23.8 Å². The zero-order valence-electron chi connectivity index (χ0n) is 9.79. The third-order valence-electron chi connectivity index (χ3n) is 3.11. The standard InChI is InChI=1S/C13H18N2O/c1-8-3-5-11-10(7-8)4-6-12(11)15-13(16)9(2)14/h3,5,7,9,12H,4,6,14H2,1-2H3,(H,15,16)/t9-,12?/m1/s1. The largest absolute Gasteiger partial charge is 0.348 e. The summed E-state index contributed by atoms with van der Waals surface area (Å²) in [5.74, 6) is -0.0709. The number of rotatable bonds is 2. The average molecular weight is 218 g/mol. The maximum absolute atomic E-state index is 11.5.